The summed E-state index contributed by atoms with van der Waals surface area (Å²) < 4.78 is 0. The molecule has 0 amide bonds. The minimum Gasteiger partial charge on any atom is -0.395 e. The molecule has 2 N–H and O–H groups in total. The highest BCUT2D eigenvalue weighted by Gasteiger charge is 2.13. The largest absolute Gasteiger partial charge is 0.395 e. The maximum absolute atomic E-state index is 5.85. The number of hydrogen-bond donors (Lipinski definition) is 2. The molecule has 0 bridgehead atoms. The Morgan fingerprint density at radius 3 is 2.80 bits per heavy atom. The van der Waals surface area contributed by atoms with E-state index in [1.165, 1.54) is 6.33 Å². The average molecular weight is 223 g/mol. The highest BCUT2D eigenvalue weighted by molar-refractivity contribution is 7.80. The Morgan fingerprint density at radius 1 is 1.53 bits per heavy atom. The first kappa shape index (κ1) is 12.0. The summed E-state index contributed by atoms with van der Waals surface area (Å²) in [5.41, 5.74) is 7.30. The van der Waals surface area contributed by atoms with E-state index in [0.717, 1.165) is 12.1 Å². The highest BCUT2D eigenvalue weighted by Crippen LogP contribution is 2.22. The molecular weight excluding hydrogens is 206 g/mol. The summed E-state index contributed by atoms with van der Waals surface area (Å²) in [5, 5.41) is 0.554. The van der Waals surface area contributed by atoms with Gasteiger partial charge in [0, 0.05) is 0 Å². The molecule has 0 aliphatic rings. The molecule has 0 radical (unpaired) electrons. The SMILES string of the molecule is C=CC(C)C(C)Cc1ncnc(S)c1N. The summed E-state index contributed by atoms with van der Waals surface area (Å²) in [4.78, 5) is 8.10. The van der Waals surface area contributed by atoms with Crippen LogP contribution in [0.1, 0.15) is 19.5 Å². The molecule has 4 heteroatoms. The minimum absolute atomic E-state index is 0.447. The second-order valence-electron chi connectivity index (χ2n) is 3.83. The summed E-state index contributed by atoms with van der Waals surface area (Å²) in [7, 11) is 0. The van der Waals surface area contributed by atoms with Crippen LogP contribution in [-0.2, 0) is 6.42 Å². The molecule has 0 saturated heterocycles. The van der Waals surface area contributed by atoms with E-state index >= 15 is 0 Å². The molecule has 3 nitrogen and oxygen atoms in total. The standard InChI is InChI=1S/C11H17N3S/c1-4-7(2)8(3)5-9-10(12)11(15)14-6-13-9/h4,6-8H,1,5,12H2,2-3H3,(H,13,14,15). The minimum atomic E-state index is 0.447. The van der Waals surface area contributed by atoms with Crippen molar-refractivity contribution in [2.75, 3.05) is 5.73 Å². The van der Waals surface area contributed by atoms with Gasteiger partial charge in [0.25, 0.3) is 0 Å². The number of allylic oxidation sites excluding steroid dienone is 1. The molecule has 0 aliphatic heterocycles. The first-order valence-corrected chi connectivity index (χ1v) is 5.41. The van der Waals surface area contributed by atoms with Crippen LogP contribution in [0.4, 0.5) is 5.69 Å². The van der Waals surface area contributed by atoms with Gasteiger partial charge in [0.2, 0.25) is 0 Å². The number of hydrogen-bond acceptors (Lipinski definition) is 4. The van der Waals surface area contributed by atoms with E-state index in [-0.39, 0.29) is 0 Å². The summed E-state index contributed by atoms with van der Waals surface area (Å²) in [6.07, 6.45) is 4.28. The maximum atomic E-state index is 5.85. The number of rotatable bonds is 4. The van der Waals surface area contributed by atoms with Crippen LogP contribution in [0.5, 0.6) is 0 Å². The van der Waals surface area contributed by atoms with Gasteiger partial charge in [-0.25, -0.2) is 9.97 Å². The Bertz CT molecular complexity index is 352. The second kappa shape index (κ2) is 5.16. The Labute approximate surface area is 96.2 Å². The van der Waals surface area contributed by atoms with Crippen molar-refractivity contribution in [3.05, 3.63) is 24.7 Å². The molecule has 0 fully saturated rings. The summed E-state index contributed by atoms with van der Waals surface area (Å²) >= 11 is 4.17. The number of nitrogens with two attached hydrogens (primary N) is 1. The highest BCUT2D eigenvalue weighted by atomic mass is 32.1. The molecule has 0 saturated carbocycles. The van der Waals surface area contributed by atoms with Gasteiger partial charge < -0.3 is 5.73 Å². The van der Waals surface area contributed by atoms with Gasteiger partial charge in [-0.2, -0.15) is 0 Å². The van der Waals surface area contributed by atoms with Crippen molar-refractivity contribution in [3.8, 4) is 0 Å². The van der Waals surface area contributed by atoms with Crippen molar-refractivity contribution in [2.24, 2.45) is 11.8 Å². The number of nitrogen functional groups attached to an aromatic ring is 1. The summed E-state index contributed by atoms with van der Waals surface area (Å²) in [6.45, 7) is 8.08. The van der Waals surface area contributed by atoms with Crippen molar-refractivity contribution in [2.45, 2.75) is 25.3 Å². The third-order valence-corrected chi connectivity index (χ3v) is 3.09. The fourth-order valence-corrected chi connectivity index (χ4v) is 1.49. The van der Waals surface area contributed by atoms with Gasteiger partial charge in [-0.1, -0.05) is 19.9 Å². The predicted octanol–water partition coefficient (Wildman–Crippen LogP) is 2.35. The Morgan fingerprint density at radius 2 is 2.20 bits per heavy atom. The molecule has 1 aromatic rings. The van der Waals surface area contributed by atoms with Gasteiger partial charge in [0.05, 0.1) is 11.4 Å². The molecule has 0 aliphatic carbocycles. The van der Waals surface area contributed by atoms with Crippen LogP contribution in [-0.4, -0.2) is 9.97 Å². The van der Waals surface area contributed by atoms with E-state index in [9.17, 15) is 0 Å². The lowest BCUT2D eigenvalue weighted by atomic mass is 9.91. The average Bonchev–Trinajstić information content (AvgIpc) is 2.23. The van der Waals surface area contributed by atoms with Crippen LogP contribution in [0.25, 0.3) is 0 Å². The molecule has 1 rings (SSSR count). The second-order valence-corrected chi connectivity index (χ2v) is 4.26. The predicted molar refractivity (Wildman–Crippen MR) is 65.9 cm³/mol. The Kier molecular flexibility index (Phi) is 4.15. The van der Waals surface area contributed by atoms with E-state index in [2.05, 4.69) is 43.0 Å². The van der Waals surface area contributed by atoms with Crippen molar-refractivity contribution in [1.29, 1.82) is 0 Å². The van der Waals surface area contributed by atoms with Gasteiger partial charge in [0.1, 0.15) is 11.4 Å². The summed E-state index contributed by atoms with van der Waals surface area (Å²) in [5.74, 6) is 0.912. The zero-order valence-corrected chi connectivity index (χ0v) is 10.0. The van der Waals surface area contributed by atoms with Crippen molar-refractivity contribution >= 4 is 18.3 Å². The number of anilines is 1. The van der Waals surface area contributed by atoms with E-state index in [1.807, 2.05) is 6.08 Å². The maximum Gasteiger partial charge on any atom is 0.120 e. The lowest BCUT2D eigenvalue weighted by Crippen LogP contribution is -2.11. The molecule has 0 spiro atoms. The topological polar surface area (TPSA) is 51.8 Å². The molecule has 1 aromatic heterocycles. The van der Waals surface area contributed by atoms with Crippen LogP contribution < -0.4 is 5.73 Å². The van der Waals surface area contributed by atoms with Crippen molar-refractivity contribution in [3.63, 3.8) is 0 Å². The zero-order valence-electron chi connectivity index (χ0n) is 9.14. The van der Waals surface area contributed by atoms with Gasteiger partial charge >= 0.3 is 0 Å². The van der Waals surface area contributed by atoms with Crippen molar-refractivity contribution in [1.82, 2.24) is 9.97 Å². The zero-order chi connectivity index (χ0) is 11.4. The van der Waals surface area contributed by atoms with Gasteiger partial charge in [-0.15, -0.1) is 19.2 Å². The third-order valence-electron chi connectivity index (χ3n) is 2.73. The van der Waals surface area contributed by atoms with Crippen molar-refractivity contribution < 1.29 is 0 Å². The Balaban J connectivity index is 2.81. The quantitative estimate of drug-likeness (QED) is 0.468. The van der Waals surface area contributed by atoms with Crippen LogP contribution >= 0.6 is 12.6 Å². The van der Waals surface area contributed by atoms with E-state index in [1.54, 1.807) is 0 Å². The van der Waals surface area contributed by atoms with Crippen LogP contribution in [0, 0.1) is 11.8 Å². The van der Waals surface area contributed by atoms with Gasteiger partial charge in [-0.05, 0) is 18.3 Å². The number of thiol groups is 1. The molecular formula is C11H17N3S. The number of nitrogens with zero attached hydrogens (tertiary/aromatic N) is 2. The van der Waals surface area contributed by atoms with Gasteiger partial charge in [0.15, 0.2) is 0 Å². The lowest BCUT2D eigenvalue weighted by molar-refractivity contribution is 0.454. The van der Waals surface area contributed by atoms with E-state index < -0.39 is 0 Å². The van der Waals surface area contributed by atoms with Crippen LogP contribution in [0.3, 0.4) is 0 Å². The molecule has 2 atom stereocenters. The molecule has 0 aromatic carbocycles. The molecule has 1 heterocycles. The van der Waals surface area contributed by atoms with E-state index in [4.69, 9.17) is 5.73 Å². The monoisotopic (exact) mass is 223 g/mol. The molecule has 82 valence electrons. The first-order valence-electron chi connectivity index (χ1n) is 4.97. The lowest BCUT2D eigenvalue weighted by Gasteiger charge is -2.16. The first-order chi connectivity index (χ1) is 7.06. The Hall–Kier alpha value is -1.03. The number of aromatic nitrogens is 2. The molecule has 2 unspecified atom stereocenters. The fourth-order valence-electron chi connectivity index (χ4n) is 1.31. The van der Waals surface area contributed by atoms with E-state index in [0.29, 0.717) is 22.5 Å². The fraction of sp³-hybridized carbons (Fsp3) is 0.455. The van der Waals surface area contributed by atoms with Crippen LogP contribution in [0.15, 0.2) is 24.0 Å². The van der Waals surface area contributed by atoms with Crippen LogP contribution in [0.2, 0.25) is 0 Å². The smallest absolute Gasteiger partial charge is 0.120 e. The third kappa shape index (κ3) is 2.96. The normalized spacial score (nSPS) is 14.6. The summed E-state index contributed by atoms with van der Waals surface area (Å²) in [6, 6.07) is 0. The molecule has 15 heavy (non-hydrogen) atoms. The van der Waals surface area contributed by atoms with Gasteiger partial charge in [-0.3, -0.25) is 0 Å².